The van der Waals surface area contributed by atoms with Crippen LogP contribution in [0.3, 0.4) is 0 Å². The van der Waals surface area contributed by atoms with Crippen molar-refractivity contribution in [2.24, 2.45) is 5.92 Å². The summed E-state index contributed by atoms with van der Waals surface area (Å²) in [6.45, 7) is 6.47. The van der Waals surface area contributed by atoms with Crippen LogP contribution < -0.4 is 4.90 Å². The van der Waals surface area contributed by atoms with E-state index in [1.165, 1.54) is 0 Å². The number of benzene rings is 1. The molecule has 0 aliphatic carbocycles. The number of aromatic nitrogens is 2. The molecule has 2 aliphatic rings. The van der Waals surface area contributed by atoms with Crippen LogP contribution in [-0.4, -0.2) is 60.4 Å². The fourth-order valence-corrected chi connectivity index (χ4v) is 3.84. The van der Waals surface area contributed by atoms with E-state index in [1.807, 2.05) is 24.0 Å². The van der Waals surface area contributed by atoms with E-state index in [4.69, 9.17) is 4.74 Å². The van der Waals surface area contributed by atoms with Gasteiger partial charge in [-0.05, 0) is 19.8 Å². The molecule has 1 aromatic carbocycles. The van der Waals surface area contributed by atoms with Crippen LogP contribution in [-0.2, 0) is 9.53 Å². The minimum absolute atomic E-state index is 0.124. The van der Waals surface area contributed by atoms with Gasteiger partial charge >= 0.3 is 0 Å². The molecule has 132 valence electrons. The zero-order chi connectivity index (χ0) is 17.2. The molecule has 0 N–H and O–H groups in total. The molecule has 1 aromatic heterocycles. The zero-order valence-electron chi connectivity index (χ0n) is 14.6. The summed E-state index contributed by atoms with van der Waals surface area (Å²) in [6, 6.07) is 8.28. The number of anilines is 1. The first-order valence-corrected chi connectivity index (χ1v) is 9.07. The highest BCUT2D eigenvalue weighted by molar-refractivity contribution is 5.93. The number of fused-ring (bicyclic) bond motifs is 1. The Bertz CT molecular complexity index is 765. The van der Waals surface area contributed by atoms with Crippen molar-refractivity contribution in [3.8, 4) is 0 Å². The summed E-state index contributed by atoms with van der Waals surface area (Å²) in [5.74, 6) is 1.36. The van der Waals surface area contributed by atoms with E-state index in [2.05, 4.69) is 27.2 Å². The van der Waals surface area contributed by atoms with Crippen molar-refractivity contribution in [3.63, 3.8) is 0 Å². The number of piperidine rings is 1. The Balaban J connectivity index is 1.47. The molecule has 2 aliphatic heterocycles. The SMILES string of the molecule is Cc1nnc(N2CCC(C(=O)N3CCOCC3)CC2)c2ccccc12. The van der Waals surface area contributed by atoms with E-state index in [1.54, 1.807) is 0 Å². The van der Waals surface area contributed by atoms with Crippen LogP contribution in [0.5, 0.6) is 0 Å². The van der Waals surface area contributed by atoms with Gasteiger partial charge in [0.2, 0.25) is 5.91 Å². The maximum Gasteiger partial charge on any atom is 0.225 e. The molecule has 4 rings (SSSR count). The Hall–Kier alpha value is -2.21. The van der Waals surface area contributed by atoms with Gasteiger partial charge in [0.25, 0.3) is 0 Å². The van der Waals surface area contributed by atoms with E-state index in [9.17, 15) is 4.79 Å². The van der Waals surface area contributed by atoms with Crippen LogP contribution in [0.15, 0.2) is 24.3 Å². The van der Waals surface area contributed by atoms with Gasteiger partial charge in [-0.15, -0.1) is 5.10 Å². The second kappa shape index (κ2) is 6.96. The largest absolute Gasteiger partial charge is 0.378 e. The predicted molar refractivity (Wildman–Crippen MR) is 96.6 cm³/mol. The van der Waals surface area contributed by atoms with Crippen LogP contribution in [0, 0.1) is 12.8 Å². The third-order valence-electron chi connectivity index (χ3n) is 5.32. The molecule has 6 nitrogen and oxygen atoms in total. The third kappa shape index (κ3) is 3.18. The fraction of sp³-hybridized carbons (Fsp3) is 0.526. The molecular weight excluding hydrogens is 316 g/mol. The number of hydrogen-bond donors (Lipinski definition) is 0. The Labute approximate surface area is 147 Å². The quantitative estimate of drug-likeness (QED) is 0.837. The van der Waals surface area contributed by atoms with E-state index < -0.39 is 0 Å². The van der Waals surface area contributed by atoms with Gasteiger partial charge in [-0.1, -0.05) is 24.3 Å². The van der Waals surface area contributed by atoms with Gasteiger partial charge in [0, 0.05) is 42.9 Å². The summed E-state index contributed by atoms with van der Waals surface area (Å²) >= 11 is 0. The number of nitrogens with zero attached hydrogens (tertiary/aromatic N) is 4. The smallest absolute Gasteiger partial charge is 0.225 e. The molecule has 6 heteroatoms. The molecular formula is C19H24N4O2. The predicted octanol–water partition coefficient (Wildman–Crippen LogP) is 2.01. The van der Waals surface area contributed by atoms with Gasteiger partial charge in [-0.3, -0.25) is 4.79 Å². The van der Waals surface area contributed by atoms with Crippen molar-refractivity contribution < 1.29 is 9.53 Å². The lowest BCUT2D eigenvalue weighted by Crippen LogP contribution is -2.47. The van der Waals surface area contributed by atoms with Crippen molar-refractivity contribution in [1.82, 2.24) is 15.1 Å². The summed E-state index contributed by atoms with van der Waals surface area (Å²) in [5.41, 5.74) is 0.955. The van der Waals surface area contributed by atoms with E-state index in [0.29, 0.717) is 19.1 Å². The van der Waals surface area contributed by atoms with Gasteiger partial charge in [0.15, 0.2) is 5.82 Å². The normalized spacial score (nSPS) is 19.4. The first-order chi connectivity index (χ1) is 12.2. The van der Waals surface area contributed by atoms with Crippen LogP contribution in [0.2, 0.25) is 0 Å². The lowest BCUT2D eigenvalue weighted by molar-refractivity contribution is -0.140. The maximum atomic E-state index is 12.7. The van der Waals surface area contributed by atoms with Crippen molar-refractivity contribution in [1.29, 1.82) is 0 Å². The molecule has 0 saturated carbocycles. The number of morpholine rings is 1. The minimum Gasteiger partial charge on any atom is -0.378 e. The summed E-state index contributed by atoms with van der Waals surface area (Å²) < 4.78 is 5.35. The topological polar surface area (TPSA) is 58.6 Å². The standard InChI is InChI=1S/C19H24N4O2/c1-14-16-4-2-3-5-17(16)18(21-20-14)22-8-6-15(7-9-22)19(24)23-10-12-25-13-11-23/h2-5,15H,6-13H2,1H3. The lowest BCUT2D eigenvalue weighted by atomic mass is 9.94. The highest BCUT2D eigenvalue weighted by Crippen LogP contribution is 2.29. The average molecular weight is 340 g/mol. The van der Waals surface area contributed by atoms with Gasteiger partial charge in [-0.2, -0.15) is 5.10 Å². The molecule has 25 heavy (non-hydrogen) atoms. The van der Waals surface area contributed by atoms with Gasteiger partial charge in [-0.25, -0.2) is 0 Å². The van der Waals surface area contributed by atoms with E-state index in [-0.39, 0.29) is 5.92 Å². The second-order valence-corrected chi connectivity index (χ2v) is 6.85. The highest BCUT2D eigenvalue weighted by Gasteiger charge is 2.30. The van der Waals surface area contributed by atoms with Crippen molar-refractivity contribution in [2.75, 3.05) is 44.3 Å². The summed E-state index contributed by atoms with van der Waals surface area (Å²) in [7, 11) is 0. The van der Waals surface area contributed by atoms with Crippen molar-refractivity contribution in [2.45, 2.75) is 19.8 Å². The minimum atomic E-state index is 0.124. The highest BCUT2D eigenvalue weighted by atomic mass is 16.5. The van der Waals surface area contributed by atoms with Gasteiger partial charge in [0.1, 0.15) is 0 Å². The molecule has 0 spiro atoms. The molecule has 0 atom stereocenters. The van der Waals surface area contributed by atoms with Crippen LogP contribution in [0.4, 0.5) is 5.82 Å². The van der Waals surface area contributed by atoms with Crippen molar-refractivity contribution >= 4 is 22.5 Å². The average Bonchev–Trinajstić information content (AvgIpc) is 2.69. The first kappa shape index (κ1) is 16.3. The van der Waals surface area contributed by atoms with E-state index in [0.717, 1.165) is 61.3 Å². The second-order valence-electron chi connectivity index (χ2n) is 6.85. The Morgan fingerprint density at radius 3 is 2.44 bits per heavy atom. The number of aryl methyl sites for hydroxylation is 1. The molecule has 1 amide bonds. The molecule has 0 bridgehead atoms. The van der Waals surface area contributed by atoms with Gasteiger partial charge in [0.05, 0.1) is 18.9 Å². The Morgan fingerprint density at radius 2 is 1.72 bits per heavy atom. The van der Waals surface area contributed by atoms with Crippen LogP contribution >= 0.6 is 0 Å². The fourth-order valence-electron chi connectivity index (χ4n) is 3.84. The molecule has 3 heterocycles. The van der Waals surface area contributed by atoms with Gasteiger partial charge < -0.3 is 14.5 Å². The number of carbonyl (C=O) groups excluding carboxylic acids is 1. The lowest BCUT2D eigenvalue weighted by Gasteiger charge is -2.36. The number of ether oxygens (including phenoxy) is 1. The van der Waals surface area contributed by atoms with Crippen LogP contribution in [0.25, 0.3) is 10.8 Å². The van der Waals surface area contributed by atoms with Crippen LogP contribution in [0.1, 0.15) is 18.5 Å². The first-order valence-electron chi connectivity index (χ1n) is 9.07. The Morgan fingerprint density at radius 1 is 1.04 bits per heavy atom. The summed E-state index contributed by atoms with van der Waals surface area (Å²) in [6.07, 6.45) is 1.75. The molecule has 0 radical (unpaired) electrons. The number of hydrogen-bond acceptors (Lipinski definition) is 5. The zero-order valence-corrected chi connectivity index (χ0v) is 14.6. The third-order valence-corrected chi connectivity index (χ3v) is 5.32. The number of rotatable bonds is 2. The number of amides is 1. The monoisotopic (exact) mass is 340 g/mol. The molecule has 2 fully saturated rings. The molecule has 0 unspecified atom stereocenters. The summed E-state index contributed by atoms with van der Waals surface area (Å²) in [5, 5.41) is 11.1. The van der Waals surface area contributed by atoms with Crippen molar-refractivity contribution in [3.05, 3.63) is 30.0 Å². The van der Waals surface area contributed by atoms with E-state index >= 15 is 0 Å². The Kier molecular flexibility index (Phi) is 4.53. The summed E-state index contributed by atoms with van der Waals surface area (Å²) in [4.78, 5) is 16.9. The number of carbonyl (C=O) groups is 1. The molecule has 2 saturated heterocycles. The maximum absolute atomic E-state index is 12.7. The molecule has 2 aromatic rings.